The van der Waals surface area contributed by atoms with Gasteiger partial charge in [0.15, 0.2) is 0 Å². The molecule has 0 aliphatic carbocycles. The van der Waals surface area contributed by atoms with Crippen molar-refractivity contribution < 1.29 is 9.53 Å². The Hall–Kier alpha value is -3.28. The predicted octanol–water partition coefficient (Wildman–Crippen LogP) is 3.59. The lowest BCUT2D eigenvalue weighted by Crippen LogP contribution is -2.33. The summed E-state index contributed by atoms with van der Waals surface area (Å²) in [6.45, 7) is 2.56. The lowest BCUT2D eigenvalue weighted by Gasteiger charge is -2.16. The number of imidazole rings is 1. The summed E-state index contributed by atoms with van der Waals surface area (Å²) in [6, 6.07) is 13.4. The van der Waals surface area contributed by atoms with E-state index in [1.807, 2.05) is 24.7 Å². The standard InChI is InChI=1S/C20H20N4O2/c1-13-3-8-16-17(9-13)19(24-12-21-10-18(16)24)11-22-20(25)23-14-4-6-15(26-2)7-5-14/h3-10,12,19H,11H2,1-2H3,(H2,22,23,25). The first-order valence-electron chi connectivity index (χ1n) is 8.47. The minimum atomic E-state index is -0.238. The van der Waals surface area contributed by atoms with E-state index in [9.17, 15) is 4.79 Å². The van der Waals surface area contributed by atoms with Gasteiger partial charge in [-0.1, -0.05) is 23.8 Å². The molecule has 0 saturated carbocycles. The lowest BCUT2D eigenvalue weighted by molar-refractivity contribution is 0.251. The van der Waals surface area contributed by atoms with Gasteiger partial charge in [0.25, 0.3) is 0 Å². The van der Waals surface area contributed by atoms with Crippen LogP contribution in [-0.2, 0) is 0 Å². The Kier molecular flexibility index (Phi) is 4.08. The molecule has 132 valence electrons. The summed E-state index contributed by atoms with van der Waals surface area (Å²) in [5.74, 6) is 0.751. The number of anilines is 1. The molecule has 1 atom stereocenters. The van der Waals surface area contributed by atoms with Crippen molar-refractivity contribution in [2.45, 2.75) is 13.0 Å². The Balaban J connectivity index is 1.46. The van der Waals surface area contributed by atoms with Gasteiger partial charge in [-0.05, 0) is 36.8 Å². The Morgan fingerprint density at radius 3 is 2.81 bits per heavy atom. The molecule has 2 heterocycles. The molecule has 6 nitrogen and oxygen atoms in total. The molecule has 2 aromatic carbocycles. The minimum Gasteiger partial charge on any atom is -0.497 e. The Morgan fingerprint density at radius 1 is 1.23 bits per heavy atom. The number of fused-ring (bicyclic) bond motifs is 3. The number of aryl methyl sites for hydroxylation is 1. The van der Waals surface area contributed by atoms with Gasteiger partial charge in [-0.25, -0.2) is 9.78 Å². The third-order valence-electron chi connectivity index (χ3n) is 4.65. The van der Waals surface area contributed by atoms with Crippen molar-refractivity contribution in [3.63, 3.8) is 0 Å². The fourth-order valence-electron chi connectivity index (χ4n) is 3.35. The van der Waals surface area contributed by atoms with Gasteiger partial charge < -0.3 is 19.9 Å². The molecular weight excluding hydrogens is 328 g/mol. The van der Waals surface area contributed by atoms with Gasteiger partial charge in [0.05, 0.1) is 31.4 Å². The average Bonchev–Trinajstić information content (AvgIpc) is 3.21. The van der Waals surface area contributed by atoms with E-state index < -0.39 is 0 Å². The number of carbonyl (C=O) groups excluding carboxylic acids is 1. The zero-order valence-corrected chi connectivity index (χ0v) is 14.7. The van der Waals surface area contributed by atoms with Gasteiger partial charge in [0.1, 0.15) is 5.75 Å². The maximum absolute atomic E-state index is 12.3. The maximum atomic E-state index is 12.3. The number of amides is 2. The molecule has 1 unspecified atom stereocenters. The van der Waals surface area contributed by atoms with Crippen LogP contribution in [0.5, 0.6) is 5.75 Å². The smallest absolute Gasteiger partial charge is 0.319 e. The monoisotopic (exact) mass is 348 g/mol. The fraction of sp³-hybridized carbons (Fsp3) is 0.200. The second kappa shape index (κ2) is 6.55. The van der Waals surface area contributed by atoms with Crippen LogP contribution in [0.4, 0.5) is 10.5 Å². The summed E-state index contributed by atoms with van der Waals surface area (Å²) in [7, 11) is 1.61. The Labute approximate surface area is 151 Å². The molecule has 0 saturated heterocycles. The van der Waals surface area contributed by atoms with E-state index in [2.05, 4.69) is 45.3 Å². The number of carbonyl (C=O) groups is 1. The van der Waals surface area contributed by atoms with Gasteiger partial charge in [-0.3, -0.25) is 0 Å². The molecular formula is C20H20N4O2. The topological polar surface area (TPSA) is 68.2 Å². The molecule has 2 amide bonds. The van der Waals surface area contributed by atoms with Crippen molar-refractivity contribution in [2.75, 3.05) is 19.0 Å². The highest BCUT2D eigenvalue weighted by molar-refractivity contribution is 5.89. The Bertz CT molecular complexity index is 947. The molecule has 2 N–H and O–H groups in total. The number of nitrogens with one attached hydrogen (secondary N) is 2. The van der Waals surface area contributed by atoms with Gasteiger partial charge in [-0.2, -0.15) is 0 Å². The number of hydrogen-bond donors (Lipinski definition) is 2. The molecule has 0 radical (unpaired) electrons. The van der Waals surface area contributed by atoms with Crippen molar-refractivity contribution >= 4 is 11.7 Å². The third-order valence-corrected chi connectivity index (χ3v) is 4.65. The molecule has 1 aliphatic rings. The fourth-order valence-corrected chi connectivity index (χ4v) is 3.35. The SMILES string of the molecule is COc1ccc(NC(=O)NCC2c3cc(C)ccc3-c3cncn32)cc1. The van der Waals surface area contributed by atoms with Gasteiger partial charge in [-0.15, -0.1) is 0 Å². The molecule has 4 rings (SSSR count). The number of rotatable bonds is 4. The first kappa shape index (κ1) is 16.2. The van der Waals surface area contributed by atoms with Crippen LogP contribution in [0.25, 0.3) is 11.3 Å². The molecule has 0 fully saturated rings. The van der Waals surface area contributed by atoms with E-state index in [4.69, 9.17) is 4.74 Å². The van der Waals surface area contributed by atoms with Crippen LogP contribution in [0.3, 0.4) is 0 Å². The first-order valence-corrected chi connectivity index (χ1v) is 8.47. The van der Waals surface area contributed by atoms with Crippen LogP contribution in [0.2, 0.25) is 0 Å². The van der Waals surface area contributed by atoms with E-state index in [1.165, 1.54) is 16.7 Å². The number of benzene rings is 2. The average molecular weight is 348 g/mol. The van der Waals surface area contributed by atoms with Gasteiger partial charge in [0, 0.05) is 17.8 Å². The highest BCUT2D eigenvalue weighted by Crippen LogP contribution is 2.39. The zero-order valence-electron chi connectivity index (χ0n) is 14.7. The summed E-state index contributed by atoms with van der Waals surface area (Å²) in [5.41, 5.74) is 5.40. The number of aromatic nitrogens is 2. The highest BCUT2D eigenvalue weighted by Gasteiger charge is 2.28. The van der Waals surface area contributed by atoms with Crippen molar-refractivity contribution in [1.29, 1.82) is 0 Å². The second-order valence-corrected chi connectivity index (χ2v) is 6.36. The van der Waals surface area contributed by atoms with Gasteiger partial charge >= 0.3 is 6.03 Å². The summed E-state index contributed by atoms with van der Waals surface area (Å²) in [6.07, 6.45) is 3.68. The first-order chi connectivity index (χ1) is 12.7. The van der Waals surface area contributed by atoms with Crippen LogP contribution in [-0.4, -0.2) is 29.2 Å². The zero-order chi connectivity index (χ0) is 18.1. The molecule has 1 aromatic heterocycles. The van der Waals surface area contributed by atoms with Crippen LogP contribution in [0, 0.1) is 6.92 Å². The molecule has 6 heteroatoms. The van der Waals surface area contributed by atoms with Gasteiger partial charge in [0.2, 0.25) is 0 Å². The van der Waals surface area contributed by atoms with Crippen LogP contribution in [0.1, 0.15) is 17.2 Å². The van der Waals surface area contributed by atoms with Crippen molar-refractivity contribution in [3.05, 3.63) is 66.1 Å². The van der Waals surface area contributed by atoms with Crippen molar-refractivity contribution in [2.24, 2.45) is 0 Å². The van der Waals surface area contributed by atoms with Crippen molar-refractivity contribution in [1.82, 2.24) is 14.9 Å². The number of urea groups is 1. The molecule has 0 spiro atoms. The molecule has 0 bridgehead atoms. The maximum Gasteiger partial charge on any atom is 0.319 e. The summed E-state index contributed by atoms with van der Waals surface area (Å²) < 4.78 is 7.23. The van der Waals surface area contributed by atoms with Crippen LogP contribution in [0.15, 0.2) is 55.0 Å². The predicted molar refractivity (Wildman–Crippen MR) is 101 cm³/mol. The van der Waals surface area contributed by atoms with Crippen LogP contribution < -0.4 is 15.4 Å². The summed E-state index contributed by atoms with van der Waals surface area (Å²) >= 11 is 0. The molecule has 1 aliphatic heterocycles. The quantitative estimate of drug-likeness (QED) is 0.757. The van der Waals surface area contributed by atoms with E-state index in [1.54, 1.807) is 19.2 Å². The molecule has 3 aromatic rings. The molecule has 26 heavy (non-hydrogen) atoms. The highest BCUT2D eigenvalue weighted by atomic mass is 16.5. The number of methoxy groups -OCH3 is 1. The largest absolute Gasteiger partial charge is 0.497 e. The van der Waals surface area contributed by atoms with Crippen molar-refractivity contribution in [3.8, 4) is 17.0 Å². The van der Waals surface area contributed by atoms with Crippen LogP contribution >= 0.6 is 0 Å². The lowest BCUT2D eigenvalue weighted by atomic mass is 10.0. The number of hydrogen-bond acceptors (Lipinski definition) is 3. The van der Waals surface area contributed by atoms with E-state index >= 15 is 0 Å². The Morgan fingerprint density at radius 2 is 2.04 bits per heavy atom. The number of nitrogens with zero attached hydrogens (tertiary/aromatic N) is 2. The minimum absolute atomic E-state index is 0.0454. The normalized spacial score (nSPS) is 14.5. The van der Waals surface area contributed by atoms with E-state index in [-0.39, 0.29) is 12.1 Å². The van der Waals surface area contributed by atoms with E-state index in [0.29, 0.717) is 12.2 Å². The number of ether oxygens (including phenoxy) is 1. The van der Waals surface area contributed by atoms with E-state index in [0.717, 1.165) is 11.4 Å². The second-order valence-electron chi connectivity index (χ2n) is 6.36. The summed E-state index contributed by atoms with van der Waals surface area (Å²) in [5, 5.41) is 5.80. The summed E-state index contributed by atoms with van der Waals surface area (Å²) in [4.78, 5) is 16.5. The third kappa shape index (κ3) is 2.90.